The monoisotopic (exact) mass is 297 g/mol. The summed E-state index contributed by atoms with van der Waals surface area (Å²) in [6.45, 7) is 7.85. The predicted octanol–water partition coefficient (Wildman–Crippen LogP) is 2.97. The Morgan fingerprint density at radius 3 is 2.43 bits per heavy atom. The number of carbonyl (C=O) groups is 1. The Bertz CT molecular complexity index is 363. The second-order valence-corrected chi connectivity index (χ2v) is 6.24. The molecule has 0 aromatic rings. The van der Waals surface area contributed by atoms with Gasteiger partial charge in [0.05, 0.1) is 0 Å². The van der Waals surface area contributed by atoms with Gasteiger partial charge in [0.2, 0.25) is 5.91 Å². The summed E-state index contributed by atoms with van der Waals surface area (Å²) < 4.78 is 0. The molecular formula is C16H31N3O2. The van der Waals surface area contributed by atoms with Crippen LogP contribution >= 0.6 is 0 Å². The molecule has 1 aliphatic rings. The second kappa shape index (κ2) is 8.25. The SMILES string of the molecule is CCCC(CCC)(C(=O)N1CCCC(CC)C1)C(N)=NO. The van der Waals surface area contributed by atoms with Crippen LogP contribution in [0.15, 0.2) is 5.16 Å². The van der Waals surface area contributed by atoms with Crippen LogP contribution in [0.5, 0.6) is 0 Å². The summed E-state index contributed by atoms with van der Waals surface area (Å²) in [5.41, 5.74) is 5.13. The van der Waals surface area contributed by atoms with Crippen molar-refractivity contribution >= 4 is 11.7 Å². The third-order valence-electron chi connectivity index (χ3n) is 4.74. The number of amides is 1. The molecule has 1 amide bonds. The Hall–Kier alpha value is -1.26. The summed E-state index contributed by atoms with van der Waals surface area (Å²) in [4.78, 5) is 15.1. The number of piperidine rings is 1. The molecule has 0 aliphatic carbocycles. The van der Waals surface area contributed by atoms with Gasteiger partial charge < -0.3 is 15.8 Å². The largest absolute Gasteiger partial charge is 0.409 e. The van der Waals surface area contributed by atoms with Crippen LogP contribution in [-0.4, -0.2) is 34.9 Å². The van der Waals surface area contributed by atoms with Gasteiger partial charge in [0.25, 0.3) is 0 Å². The molecule has 0 spiro atoms. The van der Waals surface area contributed by atoms with Crippen molar-refractivity contribution in [2.75, 3.05) is 13.1 Å². The molecule has 1 heterocycles. The lowest BCUT2D eigenvalue weighted by molar-refractivity contribution is -0.141. The van der Waals surface area contributed by atoms with E-state index in [1.165, 1.54) is 6.42 Å². The second-order valence-electron chi connectivity index (χ2n) is 6.24. The van der Waals surface area contributed by atoms with Crippen molar-refractivity contribution < 1.29 is 10.0 Å². The summed E-state index contributed by atoms with van der Waals surface area (Å²) in [7, 11) is 0. The molecule has 122 valence electrons. The van der Waals surface area contributed by atoms with Crippen LogP contribution in [0, 0.1) is 11.3 Å². The number of amidine groups is 1. The number of nitrogens with two attached hydrogens (primary N) is 1. The van der Waals surface area contributed by atoms with Crippen molar-refractivity contribution in [3.8, 4) is 0 Å². The molecular weight excluding hydrogens is 266 g/mol. The van der Waals surface area contributed by atoms with E-state index in [4.69, 9.17) is 10.9 Å². The molecule has 1 saturated heterocycles. The van der Waals surface area contributed by atoms with E-state index in [0.717, 1.165) is 38.8 Å². The summed E-state index contributed by atoms with van der Waals surface area (Å²) in [6.07, 6.45) is 6.31. The first kappa shape index (κ1) is 17.8. The molecule has 5 nitrogen and oxygen atoms in total. The number of likely N-dealkylation sites (tertiary alicyclic amines) is 1. The van der Waals surface area contributed by atoms with Gasteiger partial charge >= 0.3 is 0 Å². The van der Waals surface area contributed by atoms with E-state index in [-0.39, 0.29) is 11.7 Å². The lowest BCUT2D eigenvalue weighted by atomic mass is 9.76. The first-order chi connectivity index (χ1) is 10.1. The van der Waals surface area contributed by atoms with E-state index in [1.807, 2.05) is 18.7 Å². The van der Waals surface area contributed by atoms with Gasteiger partial charge in [-0.2, -0.15) is 0 Å². The molecule has 0 aromatic heterocycles. The molecule has 0 saturated carbocycles. The molecule has 1 atom stereocenters. The van der Waals surface area contributed by atoms with E-state index < -0.39 is 5.41 Å². The average molecular weight is 297 g/mol. The first-order valence-electron chi connectivity index (χ1n) is 8.33. The van der Waals surface area contributed by atoms with E-state index in [9.17, 15) is 4.79 Å². The molecule has 21 heavy (non-hydrogen) atoms. The molecule has 0 radical (unpaired) electrons. The predicted molar refractivity (Wildman–Crippen MR) is 85.3 cm³/mol. The zero-order valence-electron chi connectivity index (χ0n) is 13.8. The van der Waals surface area contributed by atoms with Gasteiger partial charge in [-0.15, -0.1) is 0 Å². The van der Waals surface area contributed by atoms with Gasteiger partial charge in [-0.3, -0.25) is 4.79 Å². The van der Waals surface area contributed by atoms with Gasteiger partial charge in [0, 0.05) is 13.1 Å². The van der Waals surface area contributed by atoms with Gasteiger partial charge in [0.15, 0.2) is 5.84 Å². The Morgan fingerprint density at radius 2 is 1.95 bits per heavy atom. The van der Waals surface area contributed by atoms with Crippen molar-refractivity contribution in [2.45, 2.75) is 65.7 Å². The minimum absolute atomic E-state index is 0.0552. The topological polar surface area (TPSA) is 78.9 Å². The summed E-state index contributed by atoms with van der Waals surface area (Å²) in [5.74, 6) is 0.713. The highest BCUT2D eigenvalue weighted by molar-refractivity contribution is 6.06. The van der Waals surface area contributed by atoms with Gasteiger partial charge in [-0.1, -0.05) is 45.2 Å². The first-order valence-corrected chi connectivity index (χ1v) is 8.33. The van der Waals surface area contributed by atoms with E-state index >= 15 is 0 Å². The van der Waals surface area contributed by atoms with Crippen molar-refractivity contribution in [3.05, 3.63) is 0 Å². The average Bonchev–Trinajstić information content (AvgIpc) is 2.53. The lowest BCUT2D eigenvalue weighted by Gasteiger charge is -2.40. The van der Waals surface area contributed by atoms with E-state index in [2.05, 4.69) is 12.1 Å². The lowest BCUT2D eigenvalue weighted by Crippen LogP contribution is -2.53. The summed E-state index contributed by atoms with van der Waals surface area (Å²) in [6, 6.07) is 0. The highest BCUT2D eigenvalue weighted by Gasteiger charge is 2.44. The van der Waals surface area contributed by atoms with Gasteiger partial charge in [-0.25, -0.2) is 0 Å². The quantitative estimate of drug-likeness (QED) is 0.328. The van der Waals surface area contributed by atoms with Crippen LogP contribution in [0.1, 0.15) is 65.7 Å². The molecule has 0 bridgehead atoms. The normalized spacial score (nSPS) is 20.6. The molecule has 0 aromatic carbocycles. The number of hydrogen-bond donors (Lipinski definition) is 2. The standard InChI is InChI=1S/C16H31N3O2/c1-4-9-16(10-5-2,14(17)18-21)15(20)19-11-7-8-13(6-3)12-19/h13,21H,4-12H2,1-3H3,(H2,17,18). The number of oxime groups is 1. The van der Waals surface area contributed by atoms with Crippen LogP contribution in [0.2, 0.25) is 0 Å². The highest BCUT2D eigenvalue weighted by Crippen LogP contribution is 2.34. The molecule has 1 rings (SSSR count). The maximum Gasteiger partial charge on any atom is 0.236 e. The summed E-state index contributed by atoms with van der Waals surface area (Å²) >= 11 is 0. The number of nitrogens with zero attached hydrogens (tertiary/aromatic N) is 2. The van der Waals surface area contributed by atoms with Gasteiger partial charge in [0.1, 0.15) is 5.41 Å². The summed E-state index contributed by atoms with van der Waals surface area (Å²) in [5, 5.41) is 12.4. The van der Waals surface area contributed by atoms with Crippen molar-refractivity contribution in [1.29, 1.82) is 0 Å². The fraction of sp³-hybridized carbons (Fsp3) is 0.875. The molecule has 1 unspecified atom stereocenters. The van der Waals surface area contributed by atoms with Gasteiger partial charge in [-0.05, 0) is 31.6 Å². The minimum atomic E-state index is -0.826. The minimum Gasteiger partial charge on any atom is -0.409 e. The third kappa shape index (κ3) is 3.89. The van der Waals surface area contributed by atoms with Crippen LogP contribution < -0.4 is 5.73 Å². The highest BCUT2D eigenvalue weighted by atomic mass is 16.4. The molecule has 5 heteroatoms. The smallest absolute Gasteiger partial charge is 0.236 e. The molecule has 3 N–H and O–H groups in total. The van der Waals surface area contributed by atoms with E-state index in [0.29, 0.717) is 18.8 Å². The third-order valence-corrected chi connectivity index (χ3v) is 4.74. The maximum atomic E-state index is 13.1. The van der Waals surface area contributed by atoms with Crippen LogP contribution in [0.4, 0.5) is 0 Å². The number of rotatable bonds is 7. The Morgan fingerprint density at radius 1 is 1.33 bits per heavy atom. The van der Waals surface area contributed by atoms with Crippen molar-refractivity contribution in [3.63, 3.8) is 0 Å². The Balaban J connectivity index is 3.03. The zero-order valence-corrected chi connectivity index (χ0v) is 13.8. The fourth-order valence-corrected chi connectivity index (χ4v) is 3.54. The van der Waals surface area contributed by atoms with Crippen molar-refractivity contribution in [2.24, 2.45) is 22.2 Å². The zero-order chi connectivity index (χ0) is 15.9. The number of carbonyl (C=O) groups excluding carboxylic acids is 1. The van der Waals surface area contributed by atoms with Crippen LogP contribution in [0.3, 0.4) is 0 Å². The van der Waals surface area contributed by atoms with Crippen LogP contribution in [-0.2, 0) is 4.79 Å². The molecule has 1 aliphatic heterocycles. The molecule has 1 fully saturated rings. The Labute approximate surface area is 128 Å². The fourth-order valence-electron chi connectivity index (χ4n) is 3.54. The van der Waals surface area contributed by atoms with Crippen LogP contribution in [0.25, 0.3) is 0 Å². The van der Waals surface area contributed by atoms with E-state index in [1.54, 1.807) is 0 Å². The number of hydrogen-bond acceptors (Lipinski definition) is 3. The van der Waals surface area contributed by atoms with Crippen molar-refractivity contribution in [1.82, 2.24) is 4.90 Å². The Kier molecular flexibility index (Phi) is 6.99. The maximum absolute atomic E-state index is 13.1.